The van der Waals surface area contributed by atoms with Crippen LogP contribution in [-0.4, -0.2) is 19.5 Å². The predicted octanol–water partition coefficient (Wildman–Crippen LogP) is 2.38. The number of rotatable bonds is 4. The number of hydrogen-bond acceptors (Lipinski definition) is 2. The van der Waals surface area contributed by atoms with Crippen LogP contribution in [0.5, 0.6) is 0 Å². The van der Waals surface area contributed by atoms with E-state index in [2.05, 4.69) is 24.3 Å². The summed E-state index contributed by atoms with van der Waals surface area (Å²) in [5, 5.41) is 0. The van der Waals surface area contributed by atoms with Gasteiger partial charge in [-0.05, 0) is 24.8 Å². The Labute approximate surface area is 84.8 Å². The number of aryl methyl sites for hydroxylation is 1. The quantitative estimate of drug-likeness (QED) is 0.729. The molecule has 1 aromatic rings. The highest BCUT2D eigenvalue weighted by Crippen LogP contribution is 2.12. The van der Waals surface area contributed by atoms with Crippen LogP contribution in [0.1, 0.15) is 18.4 Å². The summed E-state index contributed by atoms with van der Waals surface area (Å²) < 4.78 is 10.7. The Hall–Kier alpha value is -0.860. The maximum atomic E-state index is 5.37. The second kappa shape index (κ2) is 5.13. The molecule has 1 saturated heterocycles. The first-order valence-electron chi connectivity index (χ1n) is 5.22. The molecule has 0 saturated carbocycles. The molecule has 76 valence electrons. The highest BCUT2D eigenvalue weighted by molar-refractivity contribution is 5.14. The molecule has 1 aliphatic heterocycles. The topological polar surface area (TPSA) is 18.5 Å². The van der Waals surface area contributed by atoms with Crippen molar-refractivity contribution in [2.45, 2.75) is 25.6 Å². The monoisotopic (exact) mass is 192 g/mol. The third kappa shape index (κ3) is 2.82. The van der Waals surface area contributed by atoms with Gasteiger partial charge in [-0.3, -0.25) is 0 Å². The van der Waals surface area contributed by atoms with Gasteiger partial charge in [0.2, 0.25) is 0 Å². The fraction of sp³-hybridized carbons (Fsp3) is 0.500. The lowest BCUT2D eigenvalue weighted by molar-refractivity contribution is -0.0475. The zero-order valence-corrected chi connectivity index (χ0v) is 8.32. The summed E-state index contributed by atoms with van der Waals surface area (Å²) in [6.45, 7) is 1.52. The summed E-state index contributed by atoms with van der Waals surface area (Å²) in [4.78, 5) is 0. The van der Waals surface area contributed by atoms with E-state index in [0.717, 1.165) is 32.5 Å². The predicted molar refractivity (Wildman–Crippen MR) is 55.1 cm³/mol. The molecule has 14 heavy (non-hydrogen) atoms. The van der Waals surface area contributed by atoms with Gasteiger partial charge >= 0.3 is 0 Å². The van der Waals surface area contributed by atoms with Crippen molar-refractivity contribution in [3.05, 3.63) is 35.9 Å². The van der Waals surface area contributed by atoms with Gasteiger partial charge in [-0.2, -0.15) is 0 Å². The van der Waals surface area contributed by atoms with Crippen LogP contribution in [0.4, 0.5) is 0 Å². The number of benzene rings is 1. The molecule has 0 unspecified atom stereocenters. The Morgan fingerprint density at radius 2 is 1.79 bits per heavy atom. The Bertz CT molecular complexity index is 252. The summed E-state index contributed by atoms with van der Waals surface area (Å²) in [6.07, 6.45) is 3.31. The van der Waals surface area contributed by atoms with Crippen molar-refractivity contribution in [2.24, 2.45) is 0 Å². The molecule has 0 bridgehead atoms. The maximum Gasteiger partial charge on any atom is 0.157 e. The van der Waals surface area contributed by atoms with Crippen molar-refractivity contribution >= 4 is 0 Å². The third-order valence-electron chi connectivity index (χ3n) is 2.44. The van der Waals surface area contributed by atoms with Crippen molar-refractivity contribution in [1.29, 1.82) is 0 Å². The summed E-state index contributed by atoms with van der Waals surface area (Å²) >= 11 is 0. The van der Waals surface area contributed by atoms with Gasteiger partial charge in [-0.25, -0.2) is 0 Å². The van der Waals surface area contributed by atoms with Crippen LogP contribution >= 0.6 is 0 Å². The van der Waals surface area contributed by atoms with Gasteiger partial charge in [-0.1, -0.05) is 30.3 Å². The molecule has 0 radical (unpaired) electrons. The molecule has 0 spiro atoms. The summed E-state index contributed by atoms with van der Waals surface area (Å²) in [5.41, 5.74) is 1.39. The molecular weight excluding hydrogens is 176 g/mol. The van der Waals surface area contributed by atoms with Crippen LogP contribution in [0.15, 0.2) is 30.3 Å². The van der Waals surface area contributed by atoms with Crippen molar-refractivity contribution in [1.82, 2.24) is 0 Å². The Morgan fingerprint density at radius 3 is 2.50 bits per heavy atom. The molecule has 2 rings (SSSR count). The average molecular weight is 192 g/mol. The van der Waals surface area contributed by atoms with E-state index in [9.17, 15) is 0 Å². The lowest BCUT2D eigenvalue weighted by atomic mass is 10.1. The van der Waals surface area contributed by atoms with Crippen molar-refractivity contribution in [3.8, 4) is 0 Å². The summed E-state index contributed by atoms with van der Waals surface area (Å²) in [7, 11) is 0. The maximum absolute atomic E-state index is 5.37. The van der Waals surface area contributed by atoms with E-state index in [1.807, 2.05) is 6.07 Å². The minimum absolute atomic E-state index is 0.0544. The van der Waals surface area contributed by atoms with Crippen LogP contribution in [0.25, 0.3) is 0 Å². The highest BCUT2D eigenvalue weighted by Gasteiger charge is 2.14. The molecule has 0 N–H and O–H groups in total. The van der Waals surface area contributed by atoms with E-state index >= 15 is 0 Å². The Morgan fingerprint density at radius 1 is 1.07 bits per heavy atom. The van der Waals surface area contributed by atoms with Gasteiger partial charge in [0.05, 0.1) is 13.2 Å². The van der Waals surface area contributed by atoms with E-state index in [1.165, 1.54) is 5.56 Å². The van der Waals surface area contributed by atoms with E-state index in [1.54, 1.807) is 0 Å². The standard InChI is InChI=1S/C12H16O2/c1-2-5-11(6-3-1)7-4-8-12-13-9-10-14-12/h1-3,5-6,12H,4,7-10H2. The van der Waals surface area contributed by atoms with Crippen molar-refractivity contribution in [2.75, 3.05) is 13.2 Å². The molecular formula is C12H16O2. The Balaban J connectivity index is 1.67. The number of ether oxygens (including phenoxy) is 2. The van der Waals surface area contributed by atoms with Gasteiger partial charge in [0, 0.05) is 0 Å². The van der Waals surface area contributed by atoms with Crippen LogP contribution in [0.2, 0.25) is 0 Å². The largest absolute Gasteiger partial charge is 0.350 e. The first kappa shape index (κ1) is 9.69. The molecule has 1 fully saturated rings. The lowest BCUT2D eigenvalue weighted by Gasteiger charge is -2.07. The summed E-state index contributed by atoms with van der Waals surface area (Å²) in [6, 6.07) is 10.5. The van der Waals surface area contributed by atoms with Crippen LogP contribution in [-0.2, 0) is 15.9 Å². The fourth-order valence-electron chi connectivity index (χ4n) is 1.69. The third-order valence-corrected chi connectivity index (χ3v) is 2.44. The molecule has 1 aromatic carbocycles. The minimum Gasteiger partial charge on any atom is -0.350 e. The van der Waals surface area contributed by atoms with Gasteiger partial charge < -0.3 is 9.47 Å². The molecule has 2 nitrogen and oxygen atoms in total. The van der Waals surface area contributed by atoms with Crippen LogP contribution in [0.3, 0.4) is 0 Å². The SMILES string of the molecule is c1ccc(CCCC2OCCO2)cc1. The average Bonchev–Trinajstić information content (AvgIpc) is 2.72. The van der Waals surface area contributed by atoms with E-state index < -0.39 is 0 Å². The van der Waals surface area contributed by atoms with Crippen molar-refractivity contribution < 1.29 is 9.47 Å². The Kier molecular flexibility index (Phi) is 3.55. The molecule has 0 aliphatic carbocycles. The van der Waals surface area contributed by atoms with Gasteiger partial charge in [-0.15, -0.1) is 0 Å². The molecule has 0 amide bonds. The van der Waals surface area contributed by atoms with Gasteiger partial charge in [0.15, 0.2) is 6.29 Å². The normalized spacial score (nSPS) is 17.4. The minimum atomic E-state index is 0.0544. The first-order valence-corrected chi connectivity index (χ1v) is 5.22. The molecule has 0 aromatic heterocycles. The lowest BCUT2D eigenvalue weighted by Crippen LogP contribution is -2.07. The van der Waals surface area contributed by atoms with Gasteiger partial charge in [0.25, 0.3) is 0 Å². The summed E-state index contributed by atoms with van der Waals surface area (Å²) in [5.74, 6) is 0. The molecule has 0 atom stereocenters. The second-order valence-electron chi connectivity index (χ2n) is 3.55. The van der Waals surface area contributed by atoms with Crippen molar-refractivity contribution in [3.63, 3.8) is 0 Å². The smallest absolute Gasteiger partial charge is 0.157 e. The van der Waals surface area contributed by atoms with E-state index in [-0.39, 0.29) is 6.29 Å². The van der Waals surface area contributed by atoms with Crippen LogP contribution < -0.4 is 0 Å². The molecule has 2 heteroatoms. The zero-order chi connectivity index (χ0) is 9.64. The first-order chi connectivity index (χ1) is 6.95. The highest BCUT2D eigenvalue weighted by atomic mass is 16.7. The molecule has 1 heterocycles. The van der Waals surface area contributed by atoms with Gasteiger partial charge in [0.1, 0.15) is 0 Å². The molecule has 1 aliphatic rings. The fourth-order valence-corrected chi connectivity index (χ4v) is 1.69. The van der Waals surface area contributed by atoms with E-state index in [0.29, 0.717) is 0 Å². The zero-order valence-electron chi connectivity index (χ0n) is 8.32. The van der Waals surface area contributed by atoms with Crippen LogP contribution in [0, 0.1) is 0 Å². The number of hydrogen-bond donors (Lipinski definition) is 0. The van der Waals surface area contributed by atoms with E-state index in [4.69, 9.17) is 9.47 Å². The second-order valence-corrected chi connectivity index (χ2v) is 3.55.